The highest BCUT2D eigenvalue weighted by Gasteiger charge is 2.12. The smallest absolute Gasteiger partial charge is 0.321 e. The van der Waals surface area contributed by atoms with E-state index in [2.05, 4.69) is 32.5 Å². The number of hydrogen-bond donors (Lipinski definition) is 2. The van der Waals surface area contributed by atoms with E-state index in [9.17, 15) is 0 Å². The average Bonchev–Trinajstić information content (AvgIpc) is 3.02. The molecule has 2 aromatic rings. The first-order chi connectivity index (χ1) is 8.81. The van der Waals surface area contributed by atoms with E-state index in [1.54, 1.807) is 0 Å². The molecule has 0 spiro atoms. The van der Waals surface area contributed by atoms with Crippen molar-refractivity contribution >= 4 is 23.4 Å². The van der Waals surface area contributed by atoms with Crippen molar-refractivity contribution in [3.63, 3.8) is 0 Å². The maximum absolute atomic E-state index is 5.35. The molecule has 0 saturated carbocycles. The van der Waals surface area contributed by atoms with Crippen LogP contribution in [0.3, 0.4) is 0 Å². The molecule has 1 aromatic heterocycles. The molecule has 0 bridgehead atoms. The van der Waals surface area contributed by atoms with Crippen LogP contribution in [0.1, 0.15) is 12.8 Å². The van der Waals surface area contributed by atoms with Gasteiger partial charge < -0.3 is 20.4 Å². The van der Waals surface area contributed by atoms with Crippen LogP contribution in [-0.2, 0) is 0 Å². The third kappa shape index (κ3) is 2.22. The third-order valence-electron chi connectivity index (χ3n) is 3.03. The number of hydrogen-bond acceptors (Lipinski definition) is 6. The Morgan fingerprint density at radius 2 is 1.83 bits per heavy atom. The highest BCUT2D eigenvalue weighted by atomic mass is 16.4. The molecule has 6 nitrogen and oxygen atoms in total. The van der Waals surface area contributed by atoms with Gasteiger partial charge in [-0.2, -0.15) is 0 Å². The summed E-state index contributed by atoms with van der Waals surface area (Å²) in [6.07, 6.45) is 2.56. The van der Waals surface area contributed by atoms with Crippen LogP contribution in [0.4, 0.5) is 23.4 Å². The van der Waals surface area contributed by atoms with Gasteiger partial charge in [-0.25, -0.2) is 0 Å². The van der Waals surface area contributed by atoms with Crippen LogP contribution in [0.2, 0.25) is 0 Å². The molecule has 0 amide bonds. The standard InChI is InChI=1S/C12H15N5O/c13-11-15-16-12(18-11)14-9-3-5-10(6-4-9)17-7-1-2-8-17/h3-6H,1-2,7-8H2,(H2,13,15)(H,14,16). The Labute approximate surface area is 105 Å². The molecule has 1 fully saturated rings. The molecule has 0 unspecified atom stereocenters. The van der Waals surface area contributed by atoms with Crippen molar-refractivity contribution in [1.82, 2.24) is 10.2 Å². The number of aromatic nitrogens is 2. The van der Waals surface area contributed by atoms with E-state index in [1.165, 1.54) is 18.5 Å². The Balaban J connectivity index is 1.70. The number of anilines is 4. The number of nitrogen functional groups attached to an aromatic ring is 1. The van der Waals surface area contributed by atoms with Crippen LogP contribution in [0.15, 0.2) is 28.7 Å². The van der Waals surface area contributed by atoms with Gasteiger partial charge in [-0.3, -0.25) is 0 Å². The average molecular weight is 245 g/mol. The van der Waals surface area contributed by atoms with Gasteiger partial charge in [-0.1, -0.05) is 10.2 Å². The topological polar surface area (TPSA) is 80.2 Å². The summed E-state index contributed by atoms with van der Waals surface area (Å²) in [5.74, 6) is 0. The molecule has 2 heterocycles. The lowest BCUT2D eigenvalue weighted by Crippen LogP contribution is -2.17. The quantitative estimate of drug-likeness (QED) is 0.860. The van der Waals surface area contributed by atoms with Crippen LogP contribution in [0.5, 0.6) is 0 Å². The van der Waals surface area contributed by atoms with Crippen molar-refractivity contribution in [1.29, 1.82) is 0 Å². The van der Waals surface area contributed by atoms with E-state index in [-0.39, 0.29) is 6.01 Å². The first-order valence-corrected chi connectivity index (χ1v) is 6.02. The van der Waals surface area contributed by atoms with Crippen molar-refractivity contribution in [3.05, 3.63) is 24.3 Å². The zero-order valence-electron chi connectivity index (χ0n) is 9.97. The Bertz CT molecular complexity index is 516. The van der Waals surface area contributed by atoms with Gasteiger partial charge in [-0.15, -0.1) is 0 Å². The summed E-state index contributed by atoms with van der Waals surface area (Å²) in [4.78, 5) is 2.38. The van der Waals surface area contributed by atoms with Crippen molar-refractivity contribution in [3.8, 4) is 0 Å². The Hall–Kier alpha value is -2.24. The predicted molar refractivity (Wildman–Crippen MR) is 69.9 cm³/mol. The fourth-order valence-electron chi connectivity index (χ4n) is 2.14. The number of rotatable bonds is 3. The molecular formula is C12H15N5O. The van der Waals surface area contributed by atoms with Crippen LogP contribution in [-0.4, -0.2) is 23.3 Å². The fourth-order valence-corrected chi connectivity index (χ4v) is 2.14. The SMILES string of the molecule is Nc1nnc(Nc2ccc(N3CCCC3)cc2)o1. The highest BCUT2D eigenvalue weighted by molar-refractivity contribution is 5.59. The van der Waals surface area contributed by atoms with E-state index in [4.69, 9.17) is 10.2 Å². The van der Waals surface area contributed by atoms with Gasteiger partial charge in [0.25, 0.3) is 0 Å². The van der Waals surface area contributed by atoms with Crippen molar-refractivity contribution in [2.45, 2.75) is 12.8 Å². The largest absolute Gasteiger partial charge is 0.389 e. The zero-order valence-corrected chi connectivity index (χ0v) is 9.97. The van der Waals surface area contributed by atoms with E-state index >= 15 is 0 Å². The lowest BCUT2D eigenvalue weighted by atomic mass is 10.2. The second-order valence-electron chi connectivity index (χ2n) is 4.31. The number of nitrogens with two attached hydrogens (primary N) is 1. The molecule has 3 rings (SSSR count). The summed E-state index contributed by atoms with van der Waals surface area (Å²) >= 11 is 0. The van der Waals surface area contributed by atoms with E-state index < -0.39 is 0 Å². The lowest BCUT2D eigenvalue weighted by molar-refractivity contribution is 0.593. The van der Waals surface area contributed by atoms with Gasteiger partial charge in [-0.05, 0) is 37.1 Å². The Morgan fingerprint density at radius 1 is 1.11 bits per heavy atom. The first-order valence-electron chi connectivity index (χ1n) is 6.02. The monoisotopic (exact) mass is 245 g/mol. The molecule has 3 N–H and O–H groups in total. The van der Waals surface area contributed by atoms with E-state index in [0.29, 0.717) is 6.01 Å². The maximum Gasteiger partial charge on any atom is 0.321 e. The van der Waals surface area contributed by atoms with Gasteiger partial charge in [0, 0.05) is 24.5 Å². The van der Waals surface area contributed by atoms with Gasteiger partial charge in [0.05, 0.1) is 0 Å². The number of nitrogens with zero attached hydrogens (tertiary/aromatic N) is 3. The van der Waals surface area contributed by atoms with Crippen LogP contribution in [0.25, 0.3) is 0 Å². The maximum atomic E-state index is 5.35. The van der Waals surface area contributed by atoms with Gasteiger partial charge in [0.2, 0.25) is 0 Å². The zero-order chi connectivity index (χ0) is 12.4. The van der Waals surface area contributed by atoms with E-state index in [1.807, 2.05) is 12.1 Å². The Kier molecular flexibility index (Phi) is 2.76. The highest BCUT2D eigenvalue weighted by Crippen LogP contribution is 2.23. The minimum absolute atomic E-state index is 0.0613. The minimum Gasteiger partial charge on any atom is -0.389 e. The molecular weight excluding hydrogens is 230 g/mol. The Morgan fingerprint density at radius 3 is 2.44 bits per heavy atom. The van der Waals surface area contributed by atoms with Crippen molar-refractivity contribution in [2.24, 2.45) is 0 Å². The summed E-state index contributed by atoms with van der Waals surface area (Å²) in [5, 5.41) is 10.3. The molecule has 1 aromatic carbocycles. The summed E-state index contributed by atoms with van der Waals surface area (Å²) < 4.78 is 5.05. The van der Waals surface area contributed by atoms with Gasteiger partial charge in [0.15, 0.2) is 0 Å². The van der Waals surface area contributed by atoms with Crippen LogP contribution >= 0.6 is 0 Å². The van der Waals surface area contributed by atoms with E-state index in [0.717, 1.165) is 18.8 Å². The molecule has 1 saturated heterocycles. The van der Waals surface area contributed by atoms with Crippen molar-refractivity contribution < 1.29 is 4.42 Å². The summed E-state index contributed by atoms with van der Waals surface area (Å²) in [6.45, 7) is 2.29. The molecule has 0 aliphatic carbocycles. The second kappa shape index (κ2) is 4.56. The number of nitrogens with one attached hydrogen (secondary N) is 1. The molecule has 0 radical (unpaired) electrons. The second-order valence-corrected chi connectivity index (χ2v) is 4.31. The molecule has 1 aliphatic rings. The summed E-state index contributed by atoms with van der Waals surface area (Å²) in [5.41, 5.74) is 7.51. The normalized spacial score (nSPS) is 15.0. The van der Waals surface area contributed by atoms with Gasteiger partial charge in [0.1, 0.15) is 0 Å². The molecule has 6 heteroatoms. The van der Waals surface area contributed by atoms with Crippen LogP contribution < -0.4 is 16.0 Å². The van der Waals surface area contributed by atoms with Crippen LogP contribution in [0, 0.1) is 0 Å². The van der Waals surface area contributed by atoms with Gasteiger partial charge >= 0.3 is 12.0 Å². The molecule has 94 valence electrons. The lowest BCUT2D eigenvalue weighted by Gasteiger charge is -2.17. The minimum atomic E-state index is 0.0613. The third-order valence-corrected chi connectivity index (χ3v) is 3.03. The molecule has 1 aliphatic heterocycles. The molecule has 0 atom stereocenters. The predicted octanol–water partition coefficient (Wildman–Crippen LogP) is 2.00. The fraction of sp³-hybridized carbons (Fsp3) is 0.333. The molecule has 18 heavy (non-hydrogen) atoms. The van der Waals surface area contributed by atoms with Crippen molar-refractivity contribution in [2.75, 3.05) is 29.0 Å². The number of benzene rings is 1. The summed E-state index contributed by atoms with van der Waals surface area (Å²) in [6, 6.07) is 8.54. The summed E-state index contributed by atoms with van der Waals surface area (Å²) in [7, 11) is 0. The first kappa shape index (κ1) is 10.9.